The molecule has 1 saturated heterocycles. The third kappa shape index (κ3) is 3.41. The largest absolute Gasteiger partial charge is 0.309 e. The molecule has 8 heteroatoms. The van der Waals surface area contributed by atoms with Crippen molar-refractivity contribution in [2.24, 2.45) is 13.0 Å². The van der Waals surface area contributed by atoms with Crippen molar-refractivity contribution in [3.05, 3.63) is 29.6 Å². The van der Waals surface area contributed by atoms with Crippen LogP contribution >= 0.6 is 11.8 Å². The van der Waals surface area contributed by atoms with E-state index >= 15 is 0 Å². The number of fused-ring (bicyclic) bond motifs is 1. The summed E-state index contributed by atoms with van der Waals surface area (Å²) in [6.07, 6.45) is 5.43. The molecule has 1 aromatic carbocycles. The van der Waals surface area contributed by atoms with Gasteiger partial charge in [0.2, 0.25) is 0 Å². The predicted molar refractivity (Wildman–Crippen MR) is 96.3 cm³/mol. The van der Waals surface area contributed by atoms with E-state index in [9.17, 15) is 0 Å². The van der Waals surface area contributed by atoms with E-state index in [1.165, 1.54) is 18.4 Å². The molecule has 1 aliphatic rings. The van der Waals surface area contributed by atoms with E-state index in [1.807, 2.05) is 18.4 Å². The average molecular weight is 358 g/mol. The molecule has 2 aromatic heterocycles. The van der Waals surface area contributed by atoms with Crippen molar-refractivity contribution >= 4 is 22.8 Å². The molecule has 0 aliphatic carbocycles. The SMILES string of the molecule is CSc1nnc(CC2CCN(Cc3cccc4nonc34)CC2)n1C. The van der Waals surface area contributed by atoms with Crippen molar-refractivity contribution in [2.75, 3.05) is 19.3 Å². The third-order valence-corrected chi connectivity index (χ3v) is 5.77. The fourth-order valence-electron chi connectivity index (χ4n) is 3.54. The van der Waals surface area contributed by atoms with Crippen LogP contribution in [0.25, 0.3) is 11.0 Å². The molecule has 7 nitrogen and oxygen atoms in total. The second-order valence-electron chi connectivity index (χ2n) is 6.63. The number of nitrogens with zero attached hydrogens (tertiary/aromatic N) is 6. The van der Waals surface area contributed by atoms with E-state index in [1.54, 1.807) is 11.8 Å². The summed E-state index contributed by atoms with van der Waals surface area (Å²) >= 11 is 1.64. The van der Waals surface area contributed by atoms with Gasteiger partial charge in [-0.1, -0.05) is 23.9 Å². The molecule has 0 unspecified atom stereocenters. The Kier molecular flexibility index (Phi) is 4.72. The van der Waals surface area contributed by atoms with Crippen LogP contribution in [0.5, 0.6) is 0 Å². The number of rotatable bonds is 5. The zero-order chi connectivity index (χ0) is 17.2. The maximum atomic E-state index is 4.87. The van der Waals surface area contributed by atoms with Crippen molar-refractivity contribution < 1.29 is 4.63 Å². The van der Waals surface area contributed by atoms with Crippen LogP contribution in [0, 0.1) is 5.92 Å². The van der Waals surface area contributed by atoms with Crippen molar-refractivity contribution in [1.82, 2.24) is 30.0 Å². The van der Waals surface area contributed by atoms with Crippen LogP contribution < -0.4 is 0 Å². The molecule has 4 rings (SSSR count). The standard InChI is InChI=1S/C17H22N6OS/c1-22-15(18-19-17(22)25-2)10-12-6-8-23(9-7-12)11-13-4-3-5-14-16(13)21-24-20-14/h3-5,12H,6-11H2,1-2H3. The summed E-state index contributed by atoms with van der Waals surface area (Å²) in [6, 6.07) is 6.07. The molecule has 0 N–H and O–H groups in total. The number of hydrogen-bond acceptors (Lipinski definition) is 7. The van der Waals surface area contributed by atoms with Gasteiger partial charge in [-0.2, -0.15) is 0 Å². The Morgan fingerprint density at radius 2 is 2.04 bits per heavy atom. The maximum absolute atomic E-state index is 4.87. The minimum atomic E-state index is 0.679. The highest BCUT2D eigenvalue weighted by Crippen LogP contribution is 2.24. The lowest BCUT2D eigenvalue weighted by molar-refractivity contribution is 0.175. The second-order valence-corrected chi connectivity index (χ2v) is 7.41. The molecule has 0 spiro atoms. The van der Waals surface area contributed by atoms with Gasteiger partial charge in [-0.25, -0.2) is 4.63 Å². The van der Waals surface area contributed by atoms with Crippen molar-refractivity contribution in [2.45, 2.75) is 31.0 Å². The molecule has 1 aliphatic heterocycles. The number of thioether (sulfide) groups is 1. The highest BCUT2D eigenvalue weighted by molar-refractivity contribution is 7.98. The molecule has 0 atom stereocenters. The Hall–Kier alpha value is -1.93. The predicted octanol–water partition coefficient (Wildman–Crippen LogP) is 2.53. The summed E-state index contributed by atoms with van der Waals surface area (Å²) in [4.78, 5) is 2.49. The smallest absolute Gasteiger partial charge is 0.190 e. The van der Waals surface area contributed by atoms with Crippen molar-refractivity contribution in [3.8, 4) is 0 Å². The van der Waals surface area contributed by atoms with Crippen LogP contribution in [0.3, 0.4) is 0 Å². The topological polar surface area (TPSA) is 72.9 Å². The van der Waals surface area contributed by atoms with Crippen LogP contribution in [0.2, 0.25) is 0 Å². The highest BCUT2D eigenvalue weighted by Gasteiger charge is 2.22. The van der Waals surface area contributed by atoms with Crippen LogP contribution in [-0.4, -0.2) is 49.3 Å². The summed E-state index contributed by atoms with van der Waals surface area (Å²) < 4.78 is 6.99. The van der Waals surface area contributed by atoms with Gasteiger partial charge in [0, 0.05) is 20.0 Å². The number of likely N-dealkylation sites (tertiary alicyclic amines) is 1. The van der Waals surface area contributed by atoms with E-state index in [2.05, 4.69) is 43.1 Å². The maximum Gasteiger partial charge on any atom is 0.190 e. The van der Waals surface area contributed by atoms with E-state index in [0.29, 0.717) is 5.92 Å². The first kappa shape index (κ1) is 16.5. The first-order chi connectivity index (χ1) is 12.2. The van der Waals surface area contributed by atoms with Gasteiger partial charge in [0.05, 0.1) is 0 Å². The Bertz CT molecular complexity index is 852. The van der Waals surface area contributed by atoms with Crippen LogP contribution in [0.1, 0.15) is 24.2 Å². The van der Waals surface area contributed by atoms with Gasteiger partial charge in [0.1, 0.15) is 16.9 Å². The fraction of sp³-hybridized carbons (Fsp3) is 0.529. The van der Waals surface area contributed by atoms with E-state index in [-0.39, 0.29) is 0 Å². The molecule has 132 valence electrons. The molecule has 3 heterocycles. The van der Waals surface area contributed by atoms with Gasteiger partial charge >= 0.3 is 0 Å². The van der Waals surface area contributed by atoms with Gasteiger partial charge in [-0.15, -0.1) is 10.2 Å². The van der Waals surface area contributed by atoms with E-state index in [4.69, 9.17) is 4.63 Å². The van der Waals surface area contributed by atoms with Gasteiger partial charge in [0.15, 0.2) is 5.16 Å². The van der Waals surface area contributed by atoms with E-state index in [0.717, 1.165) is 48.1 Å². The molecule has 0 bridgehead atoms. The Labute approximate surface area is 150 Å². The van der Waals surface area contributed by atoms with Gasteiger partial charge in [-0.05, 0) is 60.0 Å². The summed E-state index contributed by atoms with van der Waals surface area (Å²) in [5.74, 6) is 1.78. The van der Waals surface area contributed by atoms with Crippen molar-refractivity contribution in [3.63, 3.8) is 0 Å². The average Bonchev–Trinajstić information content (AvgIpc) is 3.24. The molecule has 25 heavy (non-hydrogen) atoms. The molecular weight excluding hydrogens is 336 g/mol. The summed E-state index contributed by atoms with van der Waals surface area (Å²) in [7, 11) is 2.06. The lowest BCUT2D eigenvalue weighted by atomic mass is 9.93. The highest BCUT2D eigenvalue weighted by atomic mass is 32.2. The number of benzene rings is 1. The number of aromatic nitrogens is 5. The van der Waals surface area contributed by atoms with E-state index < -0.39 is 0 Å². The number of hydrogen-bond donors (Lipinski definition) is 0. The molecule has 3 aromatic rings. The summed E-state index contributed by atoms with van der Waals surface area (Å²) in [6.45, 7) is 3.10. The Morgan fingerprint density at radius 1 is 1.20 bits per heavy atom. The molecule has 0 amide bonds. The Morgan fingerprint density at radius 3 is 2.80 bits per heavy atom. The fourth-order valence-corrected chi connectivity index (χ4v) is 4.04. The molecule has 0 radical (unpaired) electrons. The van der Waals surface area contributed by atoms with Crippen LogP contribution in [0.15, 0.2) is 28.0 Å². The van der Waals surface area contributed by atoms with Gasteiger partial charge < -0.3 is 4.57 Å². The molecular formula is C17H22N6OS. The second kappa shape index (κ2) is 7.13. The molecule has 0 saturated carbocycles. The molecule has 1 fully saturated rings. The van der Waals surface area contributed by atoms with Crippen LogP contribution in [-0.2, 0) is 20.0 Å². The lowest BCUT2D eigenvalue weighted by Crippen LogP contribution is -2.34. The Balaban J connectivity index is 1.35. The normalized spacial score (nSPS) is 16.7. The first-order valence-electron chi connectivity index (χ1n) is 8.59. The van der Waals surface area contributed by atoms with Gasteiger partial charge in [-0.3, -0.25) is 4.90 Å². The number of piperidine rings is 1. The zero-order valence-corrected chi connectivity index (χ0v) is 15.4. The van der Waals surface area contributed by atoms with Crippen molar-refractivity contribution in [1.29, 1.82) is 0 Å². The summed E-state index contributed by atoms with van der Waals surface area (Å²) in [5.41, 5.74) is 2.91. The lowest BCUT2D eigenvalue weighted by Gasteiger charge is -2.31. The first-order valence-corrected chi connectivity index (χ1v) is 9.82. The summed E-state index contributed by atoms with van der Waals surface area (Å²) in [5, 5.41) is 17.5. The quantitative estimate of drug-likeness (QED) is 0.649. The minimum absolute atomic E-state index is 0.679. The van der Waals surface area contributed by atoms with Gasteiger partial charge in [0.25, 0.3) is 0 Å². The monoisotopic (exact) mass is 358 g/mol. The zero-order valence-electron chi connectivity index (χ0n) is 14.6. The minimum Gasteiger partial charge on any atom is -0.309 e. The van der Waals surface area contributed by atoms with Crippen LogP contribution in [0.4, 0.5) is 0 Å². The third-order valence-electron chi connectivity index (χ3n) is 5.05.